The highest BCUT2D eigenvalue weighted by Crippen LogP contribution is 2.15. The number of likely N-dealkylation sites (tertiary alicyclic amines) is 1. The van der Waals surface area contributed by atoms with Gasteiger partial charge in [-0.15, -0.1) is 12.4 Å². The minimum absolute atomic E-state index is 0. The minimum Gasteiger partial charge on any atom is -0.373 e. The fourth-order valence-corrected chi connectivity index (χ4v) is 2.42. The van der Waals surface area contributed by atoms with Crippen molar-refractivity contribution < 1.29 is 14.3 Å². The number of piperidine rings is 1. The van der Waals surface area contributed by atoms with Gasteiger partial charge < -0.3 is 20.7 Å². The van der Waals surface area contributed by atoms with Crippen LogP contribution in [-0.4, -0.2) is 49.0 Å². The number of halogens is 1. The van der Waals surface area contributed by atoms with Gasteiger partial charge in [0.15, 0.2) is 0 Å². The lowest BCUT2D eigenvalue weighted by atomic mass is 10.1. The molecule has 0 saturated carbocycles. The lowest BCUT2D eigenvalue weighted by Gasteiger charge is -2.32. The molecule has 2 rings (SSSR count). The van der Waals surface area contributed by atoms with Gasteiger partial charge in [0, 0.05) is 13.1 Å². The van der Waals surface area contributed by atoms with Crippen molar-refractivity contribution >= 4 is 24.2 Å². The molecule has 0 aliphatic carbocycles. The highest BCUT2D eigenvalue weighted by Gasteiger charge is 2.23. The van der Waals surface area contributed by atoms with E-state index in [1.807, 2.05) is 30.3 Å². The number of benzene rings is 1. The van der Waals surface area contributed by atoms with Crippen LogP contribution in [0.5, 0.6) is 0 Å². The van der Waals surface area contributed by atoms with Crippen LogP contribution in [0.2, 0.25) is 0 Å². The topological polar surface area (TPSA) is 84.7 Å². The number of ether oxygens (including phenoxy) is 1. The first-order valence-electron chi connectivity index (χ1n) is 7.59. The third-order valence-electron chi connectivity index (χ3n) is 3.75. The second kappa shape index (κ2) is 10.2. The molecule has 2 amide bonds. The largest absolute Gasteiger partial charge is 0.373 e. The van der Waals surface area contributed by atoms with Crippen molar-refractivity contribution in [2.24, 2.45) is 5.73 Å². The molecule has 7 heteroatoms. The molecule has 1 aromatic carbocycles. The van der Waals surface area contributed by atoms with Gasteiger partial charge in [-0.3, -0.25) is 9.59 Å². The lowest BCUT2D eigenvalue weighted by Crippen LogP contribution is -2.46. The van der Waals surface area contributed by atoms with Gasteiger partial charge in [-0.25, -0.2) is 0 Å². The zero-order valence-corrected chi connectivity index (χ0v) is 13.9. The standard InChI is InChI=1S/C16H23N3O3.ClH/c17-10-15(20)18-11-16(21)19-8-6-14(7-9-19)22-12-13-4-2-1-3-5-13;/h1-5,14H,6-12,17H2,(H,18,20);1H. The molecule has 0 unspecified atom stereocenters. The van der Waals surface area contributed by atoms with E-state index < -0.39 is 0 Å². The summed E-state index contributed by atoms with van der Waals surface area (Å²) in [6, 6.07) is 10.1. The number of amides is 2. The predicted octanol–water partition coefficient (Wildman–Crippen LogP) is 0.691. The Morgan fingerprint density at radius 3 is 2.48 bits per heavy atom. The van der Waals surface area contributed by atoms with Crippen molar-refractivity contribution in [1.82, 2.24) is 10.2 Å². The average Bonchev–Trinajstić information content (AvgIpc) is 2.59. The second-order valence-electron chi connectivity index (χ2n) is 5.36. The molecule has 1 aliphatic heterocycles. The van der Waals surface area contributed by atoms with Crippen LogP contribution in [0.25, 0.3) is 0 Å². The molecule has 1 saturated heterocycles. The summed E-state index contributed by atoms with van der Waals surface area (Å²) in [4.78, 5) is 24.7. The summed E-state index contributed by atoms with van der Waals surface area (Å²) in [6.07, 6.45) is 1.83. The summed E-state index contributed by atoms with van der Waals surface area (Å²) in [6.45, 7) is 1.85. The predicted molar refractivity (Wildman–Crippen MR) is 90.1 cm³/mol. The molecular formula is C16H24ClN3O3. The molecular weight excluding hydrogens is 318 g/mol. The quantitative estimate of drug-likeness (QED) is 0.797. The molecule has 1 fully saturated rings. The summed E-state index contributed by atoms with van der Waals surface area (Å²) in [5, 5.41) is 2.50. The summed E-state index contributed by atoms with van der Waals surface area (Å²) in [5.74, 6) is -0.377. The normalized spacial score (nSPS) is 14.9. The number of nitrogens with zero attached hydrogens (tertiary/aromatic N) is 1. The summed E-state index contributed by atoms with van der Waals surface area (Å²) >= 11 is 0. The Morgan fingerprint density at radius 2 is 1.87 bits per heavy atom. The molecule has 0 atom stereocenters. The van der Waals surface area contributed by atoms with Crippen molar-refractivity contribution in [1.29, 1.82) is 0 Å². The monoisotopic (exact) mass is 341 g/mol. The zero-order valence-electron chi connectivity index (χ0n) is 13.1. The van der Waals surface area contributed by atoms with Crippen LogP contribution >= 0.6 is 12.4 Å². The van der Waals surface area contributed by atoms with Crippen molar-refractivity contribution in [3.8, 4) is 0 Å². The van der Waals surface area contributed by atoms with Crippen LogP contribution in [0.1, 0.15) is 18.4 Å². The fourth-order valence-electron chi connectivity index (χ4n) is 2.42. The number of nitrogens with two attached hydrogens (primary N) is 1. The highest BCUT2D eigenvalue weighted by molar-refractivity contribution is 5.85. The lowest BCUT2D eigenvalue weighted by molar-refractivity contribution is -0.135. The Kier molecular flexibility index (Phi) is 8.61. The molecule has 0 spiro atoms. The Morgan fingerprint density at radius 1 is 1.22 bits per heavy atom. The molecule has 1 heterocycles. The van der Waals surface area contributed by atoms with Crippen LogP contribution in [-0.2, 0) is 20.9 Å². The molecule has 6 nitrogen and oxygen atoms in total. The number of carbonyl (C=O) groups is 2. The van der Waals surface area contributed by atoms with Crippen molar-refractivity contribution in [2.75, 3.05) is 26.2 Å². The van der Waals surface area contributed by atoms with E-state index in [1.165, 1.54) is 0 Å². The maximum absolute atomic E-state index is 11.9. The van der Waals surface area contributed by atoms with Gasteiger partial charge in [0.1, 0.15) is 0 Å². The Labute approximate surface area is 142 Å². The van der Waals surface area contributed by atoms with Crippen LogP contribution in [0.3, 0.4) is 0 Å². The molecule has 1 aliphatic rings. The molecule has 23 heavy (non-hydrogen) atoms. The van der Waals surface area contributed by atoms with E-state index in [0.717, 1.165) is 18.4 Å². The Hall–Kier alpha value is -1.63. The van der Waals surface area contributed by atoms with Crippen molar-refractivity contribution in [3.05, 3.63) is 35.9 Å². The Balaban J connectivity index is 0.00000264. The summed E-state index contributed by atoms with van der Waals surface area (Å²) in [5.41, 5.74) is 6.34. The third kappa shape index (κ3) is 6.56. The van der Waals surface area contributed by atoms with Gasteiger partial charge in [-0.2, -0.15) is 0 Å². The molecule has 1 aromatic rings. The van der Waals surface area contributed by atoms with Gasteiger partial charge in [0.25, 0.3) is 0 Å². The molecule has 0 aromatic heterocycles. The Bertz CT molecular complexity index is 491. The van der Waals surface area contributed by atoms with E-state index in [9.17, 15) is 9.59 Å². The van der Waals surface area contributed by atoms with Gasteiger partial charge in [0.2, 0.25) is 11.8 Å². The SMILES string of the molecule is Cl.NCC(=O)NCC(=O)N1CCC(OCc2ccccc2)CC1. The van der Waals surface area contributed by atoms with Crippen LogP contribution in [0.4, 0.5) is 0 Å². The van der Waals surface area contributed by atoms with Gasteiger partial charge in [-0.1, -0.05) is 30.3 Å². The van der Waals surface area contributed by atoms with Crippen LogP contribution in [0.15, 0.2) is 30.3 Å². The highest BCUT2D eigenvalue weighted by atomic mass is 35.5. The first-order valence-corrected chi connectivity index (χ1v) is 7.59. The summed E-state index contributed by atoms with van der Waals surface area (Å²) in [7, 11) is 0. The second-order valence-corrected chi connectivity index (χ2v) is 5.36. The smallest absolute Gasteiger partial charge is 0.241 e. The van der Waals surface area contributed by atoms with E-state index in [1.54, 1.807) is 4.90 Å². The van der Waals surface area contributed by atoms with Crippen LogP contribution < -0.4 is 11.1 Å². The maximum atomic E-state index is 11.9. The number of rotatable bonds is 6. The average molecular weight is 342 g/mol. The van der Waals surface area contributed by atoms with Crippen molar-refractivity contribution in [2.45, 2.75) is 25.6 Å². The van der Waals surface area contributed by atoms with E-state index in [0.29, 0.717) is 19.7 Å². The van der Waals surface area contributed by atoms with E-state index >= 15 is 0 Å². The molecule has 0 bridgehead atoms. The zero-order chi connectivity index (χ0) is 15.8. The van der Waals surface area contributed by atoms with Crippen LogP contribution in [0, 0.1) is 0 Å². The number of carbonyl (C=O) groups excluding carboxylic acids is 2. The van der Waals surface area contributed by atoms with Gasteiger partial charge >= 0.3 is 0 Å². The molecule has 128 valence electrons. The maximum Gasteiger partial charge on any atom is 0.241 e. The van der Waals surface area contributed by atoms with Gasteiger partial charge in [-0.05, 0) is 18.4 Å². The van der Waals surface area contributed by atoms with E-state index in [2.05, 4.69) is 5.32 Å². The number of hydrogen-bond acceptors (Lipinski definition) is 4. The van der Waals surface area contributed by atoms with Crippen molar-refractivity contribution in [3.63, 3.8) is 0 Å². The first-order chi connectivity index (χ1) is 10.7. The molecule has 3 N–H and O–H groups in total. The van der Waals surface area contributed by atoms with E-state index in [4.69, 9.17) is 10.5 Å². The third-order valence-corrected chi connectivity index (χ3v) is 3.75. The first kappa shape index (κ1) is 19.4. The van der Waals surface area contributed by atoms with E-state index in [-0.39, 0.29) is 43.4 Å². The fraction of sp³-hybridized carbons (Fsp3) is 0.500. The molecule has 0 radical (unpaired) electrons. The number of hydrogen-bond donors (Lipinski definition) is 2. The van der Waals surface area contributed by atoms with Gasteiger partial charge in [0.05, 0.1) is 25.8 Å². The minimum atomic E-state index is -0.311. The summed E-state index contributed by atoms with van der Waals surface area (Å²) < 4.78 is 5.89. The number of nitrogens with one attached hydrogen (secondary N) is 1.